The summed E-state index contributed by atoms with van der Waals surface area (Å²) in [4.78, 5) is 47.4. The fraction of sp³-hybridized carbons (Fsp3) is 0.800. The maximum absolute atomic E-state index is 12.8. The molecule has 0 aromatic heterocycles. The van der Waals surface area contributed by atoms with Gasteiger partial charge in [0.25, 0.3) is 0 Å². The highest BCUT2D eigenvalue weighted by Crippen LogP contribution is 2.60. The number of hydrogen-bond donors (Lipinski definition) is 5. The molecule has 0 saturated heterocycles. The van der Waals surface area contributed by atoms with Crippen LogP contribution in [0.4, 0.5) is 0 Å². The third-order valence-electron chi connectivity index (χ3n) is 7.09. The highest BCUT2D eigenvalue weighted by atomic mass is 16.4. The lowest BCUT2D eigenvalue weighted by molar-refractivity contribution is -0.138. The Morgan fingerprint density at radius 2 is 1.52 bits per heavy atom. The normalized spacial score (nSPS) is 32.8. The molecule has 9 heteroatoms. The van der Waals surface area contributed by atoms with Crippen molar-refractivity contribution in [1.82, 2.24) is 10.6 Å². The number of carboxylic acid groups (broad SMARTS) is 1. The Morgan fingerprint density at radius 3 is 1.97 bits per heavy atom. The van der Waals surface area contributed by atoms with Crippen molar-refractivity contribution in [3.63, 3.8) is 0 Å². The van der Waals surface area contributed by atoms with E-state index in [0.717, 1.165) is 19.3 Å². The van der Waals surface area contributed by atoms with Crippen LogP contribution in [-0.2, 0) is 19.2 Å². The highest BCUT2D eigenvalue weighted by Gasteiger charge is 2.55. The second kappa shape index (κ2) is 8.30. The number of hydrogen-bond acceptors (Lipinski definition) is 5. The van der Waals surface area contributed by atoms with Crippen LogP contribution in [0.1, 0.15) is 58.3 Å². The zero-order valence-electron chi connectivity index (χ0n) is 16.9. The summed E-state index contributed by atoms with van der Waals surface area (Å²) in [5.74, 6) is -0.873. The summed E-state index contributed by atoms with van der Waals surface area (Å²) in [6.45, 7) is 1.51. The SMILES string of the molecule is C[C@H](NC(=O)[C@H](N)C12CC3CC(CC(C3)C1)C2)C(=O)N[C@H](CCC(=O)O)C(N)=O. The topological polar surface area (TPSA) is 165 Å². The summed E-state index contributed by atoms with van der Waals surface area (Å²) in [7, 11) is 0. The third kappa shape index (κ3) is 4.71. The van der Waals surface area contributed by atoms with Gasteiger partial charge in [0.15, 0.2) is 0 Å². The van der Waals surface area contributed by atoms with Crippen LogP contribution in [0, 0.1) is 23.2 Å². The van der Waals surface area contributed by atoms with Crippen molar-refractivity contribution >= 4 is 23.7 Å². The van der Waals surface area contributed by atoms with Gasteiger partial charge in [-0.3, -0.25) is 19.2 Å². The number of carbonyl (C=O) groups excluding carboxylic acids is 3. The molecule has 4 aliphatic rings. The monoisotopic (exact) mass is 408 g/mol. The van der Waals surface area contributed by atoms with Gasteiger partial charge in [0.1, 0.15) is 12.1 Å². The van der Waals surface area contributed by atoms with E-state index in [0.29, 0.717) is 17.8 Å². The van der Waals surface area contributed by atoms with Gasteiger partial charge in [-0.15, -0.1) is 0 Å². The summed E-state index contributed by atoms with van der Waals surface area (Å²) in [6, 6.07) is -2.67. The predicted octanol–water partition coefficient (Wildman–Crippen LogP) is -0.130. The van der Waals surface area contributed by atoms with E-state index < -0.39 is 35.9 Å². The number of rotatable bonds is 9. The van der Waals surface area contributed by atoms with Crippen LogP contribution in [0.5, 0.6) is 0 Å². The molecule has 0 radical (unpaired) electrons. The fourth-order valence-electron chi connectivity index (χ4n) is 6.06. The first-order chi connectivity index (χ1) is 13.6. The van der Waals surface area contributed by atoms with Crippen LogP contribution in [0.15, 0.2) is 0 Å². The van der Waals surface area contributed by atoms with E-state index in [-0.39, 0.29) is 24.2 Å². The number of nitrogens with one attached hydrogen (secondary N) is 2. The molecular weight excluding hydrogens is 376 g/mol. The van der Waals surface area contributed by atoms with Crippen LogP contribution >= 0.6 is 0 Å². The Morgan fingerprint density at radius 1 is 1.00 bits per heavy atom. The number of nitrogens with two attached hydrogens (primary N) is 2. The number of carbonyl (C=O) groups is 4. The molecule has 4 bridgehead atoms. The van der Waals surface area contributed by atoms with Crippen LogP contribution < -0.4 is 22.1 Å². The summed E-state index contributed by atoms with van der Waals surface area (Å²) in [5, 5.41) is 13.8. The van der Waals surface area contributed by atoms with E-state index in [1.807, 2.05) is 0 Å². The minimum absolute atomic E-state index is 0.107. The molecule has 4 rings (SSSR count). The molecule has 0 aliphatic heterocycles. The van der Waals surface area contributed by atoms with Gasteiger partial charge in [0.05, 0.1) is 6.04 Å². The Labute approximate surface area is 170 Å². The quantitative estimate of drug-likeness (QED) is 0.356. The van der Waals surface area contributed by atoms with Crippen molar-refractivity contribution in [2.24, 2.45) is 34.6 Å². The second-order valence-corrected chi connectivity index (χ2v) is 9.38. The standard InChI is InChI=1S/C20H32N4O5/c1-10(18(28)24-14(17(22)27)2-3-15(25)26)23-19(29)16(21)20-7-11-4-12(8-20)6-13(5-11)9-20/h10-14,16H,2-9,21H2,1H3,(H2,22,27)(H,23,29)(H,24,28)(H,25,26)/t10-,11?,12?,13?,14+,16-,20?/m0/s1. The molecule has 7 N–H and O–H groups in total. The minimum atomic E-state index is -1.10. The van der Waals surface area contributed by atoms with Gasteiger partial charge in [-0.2, -0.15) is 0 Å². The molecule has 3 atom stereocenters. The van der Waals surface area contributed by atoms with E-state index in [2.05, 4.69) is 10.6 Å². The average Bonchev–Trinajstić information content (AvgIpc) is 2.62. The second-order valence-electron chi connectivity index (χ2n) is 9.38. The van der Waals surface area contributed by atoms with Crippen LogP contribution in [0.2, 0.25) is 0 Å². The van der Waals surface area contributed by atoms with Crippen molar-refractivity contribution < 1.29 is 24.3 Å². The van der Waals surface area contributed by atoms with Crippen LogP contribution in [0.3, 0.4) is 0 Å². The highest BCUT2D eigenvalue weighted by molar-refractivity contribution is 5.92. The molecule has 0 aromatic rings. The molecule has 0 spiro atoms. The van der Waals surface area contributed by atoms with Crippen molar-refractivity contribution in [2.75, 3.05) is 0 Å². The van der Waals surface area contributed by atoms with Crippen LogP contribution in [0.25, 0.3) is 0 Å². The fourth-order valence-corrected chi connectivity index (χ4v) is 6.06. The molecule has 3 amide bonds. The molecular formula is C20H32N4O5. The first-order valence-electron chi connectivity index (χ1n) is 10.5. The van der Waals surface area contributed by atoms with Gasteiger partial charge in [0, 0.05) is 6.42 Å². The lowest BCUT2D eigenvalue weighted by atomic mass is 9.47. The van der Waals surface area contributed by atoms with Crippen molar-refractivity contribution in [3.8, 4) is 0 Å². The molecule has 0 aromatic carbocycles. The summed E-state index contributed by atoms with van der Waals surface area (Å²) in [6.07, 6.45) is 6.27. The first kappa shape index (κ1) is 21.5. The van der Waals surface area contributed by atoms with E-state index in [1.54, 1.807) is 0 Å². The molecule has 4 fully saturated rings. The maximum atomic E-state index is 12.8. The molecule has 162 valence electrons. The first-order valence-corrected chi connectivity index (χ1v) is 10.5. The molecule has 4 saturated carbocycles. The molecule has 4 aliphatic carbocycles. The van der Waals surface area contributed by atoms with E-state index >= 15 is 0 Å². The van der Waals surface area contributed by atoms with Gasteiger partial charge < -0.3 is 27.2 Å². The third-order valence-corrected chi connectivity index (χ3v) is 7.09. The molecule has 0 unspecified atom stereocenters. The Balaban J connectivity index is 1.56. The molecule has 9 nitrogen and oxygen atoms in total. The van der Waals surface area contributed by atoms with E-state index in [1.165, 1.54) is 26.2 Å². The molecule has 0 heterocycles. The number of aliphatic carboxylic acids is 1. The largest absolute Gasteiger partial charge is 0.481 e. The van der Waals surface area contributed by atoms with Crippen molar-refractivity contribution in [1.29, 1.82) is 0 Å². The van der Waals surface area contributed by atoms with Crippen molar-refractivity contribution in [2.45, 2.75) is 76.4 Å². The van der Waals surface area contributed by atoms with Gasteiger partial charge in [0.2, 0.25) is 17.7 Å². The zero-order valence-corrected chi connectivity index (χ0v) is 16.9. The number of amides is 3. The Kier molecular flexibility index (Phi) is 6.16. The summed E-state index contributed by atoms with van der Waals surface area (Å²) in [5.41, 5.74) is 11.5. The van der Waals surface area contributed by atoms with Gasteiger partial charge in [-0.1, -0.05) is 0 Å². The lowest BCUT2D eigenvalue weighted by Crippen LogP contribution is -2.61. The smallest absolute Gasteiger partial charge is 0.303 e. The predicted molar refractivity (Wildman–Crippen MR) is 104 cm³/mol. The van der Waals surface area contributed by atoms with E-state index in [9.17, 15) is 19.2 Å². The lowest BCUT2D eigenvalue weighted by Gasteiger charge is -2.58. The summed E-state index contributed by atoms with van der Waals surface area (Å²) < 4.78 is 0. The van der Waals surface area contributed by atoms with Crippen LogP contribution in [-0.4, -0.2) is 46.9 Å². The Bertz CT molecular complexity index is 659. The molecule has 29 heavy (non-hydrogen) atoms. The van der Waals surface area contributed by atoms with Gasteiger partial charge in [-0.05, 0) is 75.0 Å². The van der Waals surface area contributed by atoms with E-state index in [4.69, 9.17) is 16.6 Å². The van der Waals surface area contributed by atoms with Gasteiger partial charge >= 0.3 is 5.97 Å². The maximum Gasteiger partial charge on any atom is 0.303 e. The van der Waals surface area contributed by atoms with Gasteiger partial charge in [-0.25, -0.2) is 0 Å². The average molecular weight is 408 g/mol. The number of carboxylic acids is 1. The Hall–Kier alpha value is -2.16. The van der Waals surface area contributed by atoms with Crippen molar-refractivity contribution in [3.05, 3.63) is 0 Å². The number of primary amides is 1. The zero-order chi connectivity index (χ0) is 21.3. The summed E-state index contributed by atoms with van der Waals surface area (Å²) >= 11 is 0. The minimum Gasteiger partial charge on any atom is -0.481 e.